The van der Waals surface area contributed by atoms with Gasteiger partial charge in [-0.2, -0.15) is 5.10 Å². The quantitative estimate of drug-likeness (QED) is 0.926. The highest BCUT2D eigenvalue weighted by Crippen LogP contribution is 2.27. The number of nitrogens with zero attached hydrogens (tertiary/aromatic N) is 3. The molecule has 1 aromatic heterocycles. The third-order valence-corrected chi connectivity index (χ3v) is 4.02. The van der Waals surface area contributed by atoms with Crippen LogP contribution in [-0.2, 0) is 13.0 Å². The third-order valence-electron chi connectivity index (χ3n) is 3.33. The molecular weight excluding hydrogens is 294 g/mol. The van der Waals surface area contributed by atoms with E-state index in [1.165, 1.54) is 0 Å². The van der Waals surface area contributed by atoms with Crippen molar-refractivity contribution < 1.29 is 5.11 Å². The lowest BCUT2D eigenvalue weighted by Gasteiger charge is -2.19. The van der Waals surface area contributed by atoms with E-state index in [1.807, 2.05) is 28.9 Å². The van der Waals surface area contributed by atoms with Crippen molar-refractivity contribution in [3.63, 3.8) is 0 Å². The van der Waals surface area contributed by atoms with Gasteiger partial charge in [-0.25, -0.2) is 9.67 Å². The first kappa shape index (κ1) is 11.9. The van der Waals surface area contributed by atoms with Crippen LogP contribution in [0.3, 0.4) is 0 Å². The molecule has 1 aliphatic rings. The van der Waals surface area contributed by atoms with E-state index in [-0.39, 0.29) is 6.61 Å². The van der Waals surface area contributed by atoms with Crippen LogP contribution in [0.5, 0.6) is 0 Å². The summed E-state index contributed by atoms with van der Waals surface area (Å²) >= 11 is 3.52. The zero-order valence-corrected chi connectivity index (χ0v) is 11.5. The van der Waals surface area contributed by atoms with Gasteiger partial charge in [-0.1, -0.05) is 28.1 Å². The molecule has 3 rings (SSSR count). The van der Waals surface area contributed by atoms with Crippen molar-refractivity contribution in [2.45, 2.75) is 19.4 Å². The number of rotatable bonds is 2. The zero-order valence-electron chi connectivity index (χ0n) is 9.88. The summed E-state index contributed by atoms with van der Waals surface area (Å²) in [5.41, 5.74) is 1.01. The van der Waals surface area contributed by atoms with Crippen LogP contribution in [0.1, 0.15) is 12.2 Å². The van der Waals surface area contributed by atoms with E-state index in [2.05, 4.69) is 26.0 Å². The van der Waals surface area contributed by atoms with Gasteiger partial charge in [0.05, 0.1) is 0 Å². The Kier molecular flexibility index (Phi) is 3.18. The third kappa shape index (κ3) is 2.08. The molecule has 0 amide bonds. The van der Waals surface area contributed by atoms with E-state index in [0.717, 1.165) is 41.1 Å². The van der Waals surface area contributed by atoms with Gasteiger partial charge in [0, 0.05) is 35.5 Å². The topological polar surface area (TPSA) is 50.9 Å². The summed E-state index contributed by atoms with van der Waals surface area (Å²) in [6.45, 7) is 0.993. The number of fused-ring (bicyclic) bond motifs is 1. The fourth-order valence-corrected chi connectivity index (χ4v) is 2.74. The van der Waals surface area contributed by atoms with Crippen molar-refractivity contribution in [1.82, 2.24) is 14.8 Å². The minimum atomic E-state index is 0.226. The molecule has 1 unspecified atom stereocenters. The van der Waals surface area contributed by atoms with Gasteiger partial charge in [0.1, 0.15) is 5.82 Å². The molecule has 0 saturated heterocycles. The zero-order chi connectivity index (χ0) is 12.5. The van der Waals surface area contributed by atoms with Gasteiger partial charge in [0.25, 0.3) is 0 Å². The Bertz CT molecular complexity index is 567. The molecule has 1 N–H and O–H groups in total. The van der Waals surface area contributed by atoms with Gasteiger partial charge >= 0.3 is 0 Å². The van der Waals surface area contributed by atoms with Crippen molar-refractivity contribution in [1.29, 1.82) is 0 Å². The van der Waals surface area contributed by atoms with Crippen LogP contribution in [0.4, 0.5) is 0 Å². The van der Waals surface area contributed by atoms with E-state index in [0.29, 0.717) is 5.92 Å². The van der Waals surface area contributed by atoms with Crippen molar-refractivity contribution in [2.75, 3.05) is 6.61 Å². The minimum absolute atomic E-state index is 0.226. The second kappa shape index (κ2) is 4.82. The van der Waals surface area contributed by atoms with Gasteiger partial charge < -0.3 is 5.11 Å². The first-order valence-electron chi connectivity index (χ1n) is 6.07. The van der Waals surface area contributed by atoms with Gasteiger partial charge in [-0.05, 0) is 18.6 Å². The van der Waals surface area contributed by atoms with Crippen molar-refractivity contribution in [3.05, 3.63) is 34.6 Å². The molecule has 0 radical (unpaired) electrons. The summed E-state index contributed by atoms with van der Waals surface area (Å²) in [5.74, 6) is 2.09. The van der Waals surface area contributed by atoms with Crippen LogP contribution < -0.4 is 0 Å². The predicted molar refractivity (Wildman–Crippen MR) is 72.1 cm³/mol. The molecule has 0 fully saturated rings. The fourth-order valence-electron chi connectivity index (χ4n) is 2.28. The number of aryl methyl sites for hydroxylation is 1. The SMILES string of the molecule is OCC1CCc2nc(-c3ccccc3Br)nn2C1. The fraction of sp³-hybridized carbons (Fsp3) is 0.385. The number of halogens is 1. The molecule has 18 heavy (non-hydrogen) atoms. The van der Waals surface area contributed by atoms with Gasteiger partial charge in [-0.15, -0.1) is 0 Å². The highest BCUT2D eigenvalue weighted by Gasteiger charge is 2.21. The van der Waals surface area contributed by atoms with Gasteiger partial charge in [0.15, 0.2) is 5.82 Å². The Balaban J connectivity index is 1.97. The van der Waals surface area contributed by atoms with Gasteiger partial charge in [-0.3, -0.25) is 0 Å². The van der Waals surface area contributed by atoms with E-state index in [4.69, 9.17) is 0 Å². The Labute approximate surface area is 114 Å². The number of aliphatic hydroxyl groups excluding tert-OH is 1. The second-order valence-electron chi connectivity index (χ2n) is 4.60. The molecular formula is C13H14BrN3O. The Morgan fingerprint density at radius 2 is 2.22 bits per heavy atom. The van der Waals surface area contributed by atoms with Crippen LogP contribution in [0.15, 0.2) is 28.7 Å². The monoisotopic (exact) mass is 307 g/mol. The summed E-state index contributed by atoms with van der Waals surface area (Å²) in [5, 5.41) is 13.8. The van der Waals surface area contributed by atoms with Crippen LogP contribution in [0, 0.1) is 5.92 Å². The maximum absolute atomic E-state index is 9.22. The minimum Gasteiger partial charge on any atom is -0.396 e. The molecule has 1 atom stereocenters. The first-order chi connectivity index (χ1) is 8.78. The molecule has 0 saturated carbocycles. The smallest absolute Gasteiger partial charge is 0.182 e. The molecule has 5 heteroatoms. The molecule has 2 aromatic rings. The number of benzene rings is 1. The van der Waals surface area contributed by atoms with E-state index >= 15 is 0 Å². The van der Waals surface area contributed by atoms with Crippen LogP contribution in [0.2, 0.25) is 0 Å². The lowest BCUT2D eigenvalue weighted by Crippen LogP contribution is -2.23. The maximum atomic E-state index is 9.22. The van der Waals surface area contributed by atoms with Crippen LogP contribution in [-0.4, -0.2) is 26.5 Å². The first-order valence-corrected chi connectivity index (χ1v) is 6.86. The Morgan fingerprint density at radius 3 is 3.00 bits per heavy atom. The molecule has 4 nitrogen and oxygen atoms in total. The summed E-state index contributed by atoms with van der Waals surface area (Å²) in [6, 6.07) is 7.96. The molecule has 0 bridgehead atoms. The summed E-state index contributed by atoms with van der Waals surface area (Å²) in [7, 11) is 0. The van der Waals surface area contributed by atoms with Crippen LogP contribution in [0.25, 0.3) is 11.4 Å². The average molecular weight is 308 g/mol. The molecule has 0 aliphatic carbocycles. The number of hydrogen-bond acceptors (Lipinski definition) is 3. The maximum Gasteiger partial charge on any atom is 0.182 e. The summed E-state index contributed by atoms with van der Waals surface area (Å²) < 4.78 is 2.94. The van der Waals surface area contributed by atoms with Crippen LogP contribution >= 0.6 is 15.9 Å². The normalized spacial score (nSPS) is 18.7. The standard InChI is InChI=1S/C13H14BrN3O/c14-11-4-2-1-3-10(11)13-15-12-6-5-9(8-18)7-17(12)16-13/h1-4,9,18H,5-8H2. The van der Waals surface area contributed by atoms with Crippen molar-refractivity contribution >= 4 is 15.9 Å². The number of hydrogen-bond donors (Lipinski definition) is 1. The lowest BCUT2D eigenvalue weighted by molar-refractivity contribution is 0.185. The summed E-state index contributed by atoms with van der Waals surface area (Å²) in [4.78, 5) is 4.59. The lowest BCUT2D eigenvalue weighted by atomic mass is 10.0. The second-order valence-corrected chi connectivity index (χ2v) is 5.46. The Morgan fingerprint density at radius 1 is 1.39 bits per heavy atom. The molecule has 2 heterocycles. The van der Waals surface area contributed by atoms with E-state index in [1.54, 1.807) is 0 Å². The Hall–Kier alpha value is -1.20. The average Bonchev–Trinajstić information content (AvgIpc) is 2.81. The highest BCUT2D eigenvalue weighted by atomic mass is 79.9. The number of aliphatic hydroxyl groups is 1. The summed E-state index contributed by atoms with van der Waals surface area (Å²) in [6.07, 6.45) is 1.88. The highest BCUT2D eigenvalue weighted by molar-refractivity contribution is 9.10. The van der Waals surface area contributed by atoms with Crippen molar-refractivity contribution in [2.24, 2.45) is 5.92 Å². The molecule has 0 spiro atoms. The molecule has 94 valence electrons. The molecule has 1 aromatic carbocycles. The predicted octanol–water partition coefficient (Wildman–Crippen LogP) is 2.26. The van der Waals surface area contributed by atoms with Gasteiger partial charge in [0.2, 0.25) is 0 Å². The molecule has 1 aliphatic heterocycles. The number of aromatic nitrogens is 3. The van der Waals surface area contributed by atoms with E-state index < -0.39 is 0 Å². The largest absolute Gasteiger partial charge is 0.396 e. The van der Waals surface area contributed by atoms with E-state index in [9.17, 15) is 5.11 Å². The van der Waals surface area contributed by atoms with Crippen molar-refractivity contribution in [3.8, 4) is 11.4 Å².